The van der Waals surface area contributed by atoms with Crippen molar-refractivity contribution in [3.8, 4) is 0 Å². The Morgan fingerprint density at radius 2 is 2.20 bits per heavy atom. The van der Waals surface area contributed by atoms with Crippen LogP contribution in [0, 0.1) is 0 Å². The number of aromatic nitrogens is 2. The summed E-state index contributed by atoms with van der Waals surface area (Å²) in [4.78, 5) is 11.4. The average molecular weight is 211 g/mol. The van der Waals surface area contributed by atoms with E-state index in [0.717, 1.165) is 0 Å². The molecule has 0 aliphatic heterocycles. The minimum Gasteiger partial charge on any atom is -0.461 e. The lowest BCUT2D eigenvalue weighted by molar-refractivity contribution is 0.0517. The van der Waals surface area contributed by atoms with Crippen LogP contribution in [0.15, 0.2) is 6.07 Å². The van der Waals surface area contributed by atoms with Gasteiger partial charge in [0.25, 0.3) is 0 Å². The maximum absolute atomic E-state index is 11.4. The molecule has 15 heavy (non-hydrogen) atoms. The van der Waals surface area contributed by atoms with E-state index < -0.39 is 5.97 Å². The van der Waals surface area contributed by atoms with Crippen LogP contribution >= 0.6 is 0 Å². The third kappa shape index (κ3) is 2.49. The lowest BCUT2D eigenvalue weighted by Gasteiger charge is -2.20. The fourth-order valence-electron chi connectivity index (χ4n) is 1.24. The van der Waals surface area contributed by atoms with E-state index in [0.29, 0.717) is 12.4 Å². The van der Waals surface area contributed by atoms with Gasteiger partial charge in [-0.1, -0.05) is 0 Å². The Balaban J connectivity index is 3.01. The molecule has 1 rings (SSSR count). The van der Waals surface area contributed by atoms with Crippen molar-refractivity contribution in [2.75, 3.05) is 12.3 Å². The van der Waals surface area contributed by atoms with E-state index in [-0.39, 0.29) is 11.2 Å². The first-order chi connectivity index (χ1) is 6.86. The van der Waals surface area contributed by atoms with Crippen LogP contribution in [0.25, 0.3) is 0 Å². The summed E-state index contributed by atoms with van der Waals surface area (Å²) >= 11 is 0. The summed E-state index contributed by atoms with van der Waals surface area (Å²) in [5, 5.41) is 4.12. The SMILES string of the molecule is CCOC(=O)c1cc(N)n(C(C)(C)C)n1. The summed E-state index contributed by atoms with van der Waals surface area (Å²) in [5.74, 6) is 0.0257. The molecule has 1 aromatic heterocycles. The smallest absolute Gasteiger partial charge is 0.358 e. The molecule has 5 heteroatoms. The number of anilines is 1. The van der Waals surface area contributed by atoms with Crippen LogP contribution in [0.1, 0.15) is 38.2 Å². The maximum Gasteiger partial charge on any atom is 0.358 e. The monoisotopic (exact) mass is 211 g/mol. The van der Waals surface area contributed by atoms with Gasteiger partial charge in [0, 0.05) is 6.07 Å². The molecule has 0 aromatic carbocycles. The Bertz CT molecular complexity index is 363. The first kappa shape index (κ1) is 11.6. The molecule has 0 radical (unpaired) electrons. The van der Waals surface area contributed by atoms with Crippen molar-refractivity contribution in [1.29, 1.82) is 0 Å². The third-order valence-electron chi connectivity index (χ3n) is 1.86. The Morgan fingerprint density at radius 3 is 2.60 bits per heavy atom. The van der Waals surface area contributed by atoms with E-state index >= 15 is 0 Å². The minimum atomic E-state index is -0.438. The Hall–Kier alpha value is -1.52. The molecule has 0 spiro atoms. The zero-order chi connectivity index (χ0) is 11.6. The van der Waals surface area contributed by atoms with Gasteiger partial charge in [0.1, 0.15) is 5.82 Å². The van der Waals surface area contributed by atoms with Crippen molar-refractivity contribution >= 4 is 11.8 Å². The lowest BCUT2D eigenvalue weighted by atomic mass is 10.1. The first-order valence-electron chi connectivity index (χ1n) is 4.89. The molecule has 5 nitrogen and oxygen atoms in total. The summed E-state index contributed by atoms with van der Waals surface area (Å²) in [6.07, 6.45) is 0. The lowest BCUT2D eigenvalue weighted by Crippen LogP contribution is -2.25. The number of hydrogen-bond donors (Lipinski definition) is 1. The van der Waals surface area contributed by atoms with Crippen molar-refractivity contribution < 1.29 is 9.53 Å². The normalized spacial score (nSPS) is 11.5. The quantitative estimate of drug-likeness (QED) is 0.750. The minimum absolute atomic E-state index is 0.241. The van der Waals surface area contributed by atoms with E-state index in [1.165, 1.54) is 6.07 Å². The first-order valence-corrected chi connectivity index (χ1v) is 4.89. The van der Waals surface area contributed by atoms with Crippen molar-refractivity contribution in [3.05, 3.63) is 11.8 Å². The number of rotatable bonds is 2. The number of esters is 1. The van der Waals surface area contributed by atoms with E-state index in [4.69, 9.17) is 10.5 Å². The fourth-order valence-corrected chi connectivity index (χ4v) is 1.24. The van der Waals surface area contributed by atoms with E-state index in [2.05, 4.69) is 5.10 Å². The molecule has 2 N–H and O–H groups in total. The van der Waals surface area contributed by atoms with Gasteiger partial charge in [-0.15, -0.1) is 0 Å². The Morgan fingerprint density at radius 1 is 1.60 bits per heavy atom. The second-order valence-electron chi connectivity index (χ2n) is 4.26. The average Bonchev–Trinajstić information content (AvgIpc) is 2.47. The van der Waals surface area contributed by atoms with Crippen molar-refractivity contribution in [1.82, 2.24) is 9.78 Å². The molecule has 0 fully saturated rings. The number of nitrogens with zero attached hydrogens (tertiary/aromatic N) is 2. The molecule has 84 valence electrons. The summed E-state index contributed by atoms with van der Waals surface area (Å²) in [6.45, 7) is 7.98. The van der Waals surface area contributed by atoms with Crippen LogP contribution in [0.4, 0.5) is 5.82 Å². The number of carbonyl (C=O) groups excluding carboxylic acids is 1. The molecule has 0 saturated heterocycles. The van der Waals surface area contributed by atoms with Crippen LogP contribution in [0.5, 0.6) is 0 Å². The summed E-state index contributed by atoms with van der Waals surface area (Å²) in [7, 11) is 0. The molecular formula is C10H17N3O2. The van der Waals surface area contributed by atoms with Gasteiger partial charge in [0.05, 0.1) is 12.1 Å². The van der Waals surface area contributed by atoms with Gasteiger partial charge in [-0.05, 0) is 27.7 Å². The molecule has 0 saturated carbocycles. The zero-order valence-electron chi connectivity index (χ0n) is 9.57. The third-order valence-corrected chi connectivity index (χ3v) is 1.86. The summed E-state index contributed by atoms with van der Waals surface area (Å²) in [6, 6.07) is 1.53. The number of nitrogen functional groups attached to an aromatic ring is 1. The van der Waals surface area contributed by atoms with E-state index in [1.54, 1.807) is 11.6 Å². The van der Waals surface area contributed by atoms with Crippen LogP contribution in [0.3, 0.4) is 0 Å². The van der Waals surface area contributed by atoms with Gasteiger partial charge in [0.2, 0.25) is 0 Å². The molecule has 0 aliphatic carbocycles. The van der Waals surface area contributed by atoms with Gasteiger partial charge in [-0.3, -0.25) is 0 Å². The van der Waals surface area contributed by atoms with Crippen LogP contribution in [-0.2, 0) is 10.3 Å². The molecular weight excluding hydrogens is 194 g/mol. The summed E-state index contributed by atoms with van der Waals surface area (Å²) < 4.78 is 6.45. The molecule has 0 unspecified atom stereocenters. The van der Waals surface area contributed by atoms with Crippen molar-refractivity contribution in [2.45, 2.75) is 33.2 Å². The molecule has 0 amide bonds. The Labute approximate surface area is 89.2 Å². The van der Waals surface area contributed by atoms with Crippen molar-refractivity contribution in [2.24, 2.45) is 0 Å². The topological polar surface area (TPSA) is 70.1 Å². The second kappa shape index (κ2) is 3.92. The number of hydrogen-bond acceptors (Lipinski definition) is 4. The molecule has 1 heterocycles. The highest BCUT2D eigenvalue weighted by Gasteiger charge is 2.21. The van der Waals surface area contributed by atoms with Gasteiger partial charge in [-0.2, -0.15) is 5.10 Å². The highest BCUT2D eigenvalue weighted by atomic mass is 16.5. The van der Waals surface area contributed by atoms with Gasteiger partial charge in [-0.25, -0.2) is 9.48 Å². The summed E-state index contributed by atoms with van der Waals surface area (Å²) in [5.41, 5.74) is 5.77. The van der Waals surface area contributed by atoms with Crippen molar-refractivity contribution in [3.63, 3.8) is 0 Å². The van der Waals surface area contributed by atoms with Gasteiger partial charge >= 0.3 is 5.97 Å². The standard InChI is InChI=1S/C10H17N3O2/c1-5-15-9(14)7-6-8(11)13(12-7)10(2,3)4/h6H,5,11H2,1-4H3. The molecule has 0 atom stereocenters. The van der Waals surface area contributed by atoms with Gasteiger partial charge in [0.15, 0.2) is 5.69 Å². The van der Waals surface area contributed by atoms with E-state index in [9.17, 15) is 4.79 Å². The van der Waals surface area contributed by atoms with Crippen LogP contribution < -0.4 is 5.73 Å². The molecule has 0 bridgehead atoms. The highest BCUT2D eigenvalue weighted by molar-refractivity contribution is 5.88. The van der Waals surface area contributed by atoms with Crippen LogP contribution in [0.2, 0.25) is 0 Å². The largest absolute Gasteiger partial charge is 0.461 e. The van der Waals surface area contributed by atoms with Crippen LogP contribution in [-0.4, -0.2) is 22.4 Å². The fraction of sp³-hybridized carbons (Fsp3) is 0.600. The molecule has 1 aromatic rings. The predicted molar refractivity (Wildman–Crippen MR) is 57.6 cm³/mol. The zero-order valence-corrected chi connectivity index (χ0v) is 9.57. The second-order valence-corrected chi connectivity index (χ2v) is 4.26. The van der Waals surface area contributed by atoms with E-state index in [1.807, 2.05) is 20.8 Å². The number of nitrogens with two attached hydrogens (primary N) is 1. The van der Waals surface area contributed by atoms with Gasteiger partial charge < -0.3 is 10.5 Å². The molecule has 0 aliphatic rings. The Kier molecular flexibility index (Phi) is 3.02. The maximum atomic E-state index is 11.4. The highest BCUT2D eigenvalue weighted by Crippen LogP contribution is 2.19. The number of ether oxygens (including phenoxy) is 1. The predicted octanol–water partition coefficient (Wildman–Crippen LogP) is 1.40. The number of carbonyl (C=O) groups is 1.